The van der Waals surface area contributed by atoms with Crippen LogP contribution in [-0.2, 0) is 14.6 Å². The van der Waals surface area contributed by atoms with E-state index < -0.39 is 34.8 Å². The van der Waals surface area contributed by atoms with Crippen LogP contribution in [0.3, 0.4) is 0 Å². The minimum atomic E-state index is -3.09. The van der Waals surface area contributed by atoms with E-state index in [1.807, 2.05) is 13.0 Å². The molecule has 1 aliphatic rings. The van der Waals surface area contributed by atoms with Crippen LogP contribution >= 0.6 is 0 Å². The van der Waals surface area contributed by atoms with Crippen molar-refractivity contribution in [2.75, 3.05) is 37.7 Å². The number of amides is 1. The minimum absolute atomic E-state index is 0.0216. The highest BCUT2D eigenvalue weighted by Gasteiger charge is 2.35. The summed E-state index contributed by atoms with van der Waals surface area (Å²) in [5.41, 5.74) is 0.696. The maximum Gasteiger partial charge on any atom is 0.255 e. The molecule has 1 aromatic rings. The van der Waals surface area contributed by atoms with E-state index in [4.69, 9.17) is 0 Å². The van der Waals surface area contributed by atoms with Gasteiger partial charge in [0.25, 0.3) is 6.43 Å². The van der Waals surface area contributed by atoms with Gasteiger partial charge in [0.1, 0.15) is 6.04 Å². The van der Waals surface area contributed by atoms with Gasteiger partial charge in [0.2, 0.25) is 5.91 Å². The second kappa shape index (κ2) is 8.71. The summed E-state index contributed by atoms with van der Waals surface area (Å²) in [6.45, 7) is 1.92. The van der Waals surface area contributed by atoms with Crippen molar-refractivity contribution < 1.29 is 22.0 Å². The van der Waals surface area contributed by atoms with Gasteiger partial charge in [-0.3, -0.25) is 9.69 Å². The van der Waals surface area contributed by atoms with Crippen LogP contribution in [0, 0.1) is 0 Å². The van der Waals surface area contributed by atoms with E-state index in [1.165, 1.54) is 4.90 Å². The fourth-order valence-corrected chi connectivity index (χ4v) is 4.26. The maximum atomic E-state index is 13.0. The summed E-state index contributed by atoms with van der Waals surface area (Å²) in [5.74, 6) is -0.439. The summed E-state index contributed by atoms with van der Waals surface area (Å²) in [6, 6.07) is 8.20. The molecule has 0 spiro atoms. The molecule has 1 unspecified atom stereocenters. The first-order valence-corrected chi connectivity index (χ1v) is 10.2. The molecule has 1 fully saturated rings. The highest BCUT2D eigenvalue weighted by atomic mass is 32.2. The Morgan fingerprint density at radius 1 is 1.20 bits per heavy atom. The van der Waals surface area contributed by atoms with Crippen LogP contribution in [0.25, 0.3) is 0 Å². The van der Waals surface area contributed by atoms with Gasteiger partial charge >= 0.3 is 0 Å². The van der Waals surface area contributed by atoms with Gasteiger partial charge in [0.05, 0.1) is 18.1 Å². The van der Waals surface area contributed by atoms with Crippen molar-refractivity contribution in [3.63, 3.8) is 0 Å². The Morgan fingerprint density at radius 3 is 2.32 bits per heavy atom. The Morgan fingerprint density at radius 2 is 1.80 bits per heavy atom. The van der Waals surface area contributed by atoms with Crippen molar-refractivity contribution in [3.8, 4) is 0 Å². The molecule has 1 amide bonds. The molecule has 1 aliphatic heterocycles. The van der Waals surface area contributed by atoms with Gasteiger partial charge in [-0.1, -0.05) is 37.3 Å². The molecular formula is C17H24F2N2O3S. The zero-order chi connectivity index (χ0) is 18.4. The maximum absolute atomic E-state index is 13.0. The average molecular weight is 374 g/mol. The Kier molecular flexibility index (Phi) is 6.89. The van der Waals surface area contributed by atoms with Crippen molar-refractivity contribution in [2.24, 2.45) is 0 Å². The van der Waals surface area contributed by atoms with Crippen LogP contribution in [0.5, 0.6) is 0 Å². The molecular weight excluding hydrogens is 350 g/mol. The molecule has 25 heavy (non-hydrogen) atoms. The van der Waals surface area contributed by atoms with Crippen molar-refractivity contribution in [1.82, 2.24) is 9.80 Å². The molecule has 1 saturated heterocycles. The average Bonchev–Trinajstić information content (AvgIpc) is 2.56. The summed E-state index contributed by atoms with van der Waals surface area (Å²) in [4.78, 5) is 16.0. The smallest absolute Gasteiger partial charge is 0.255 e. The van der Waals surface area contributed by atoms with E-state index in [2.05, 4.69) is 0 Å². The Hall–Kier alpha value is -1.54. The lowest BCUT2D eigenvalue weighted by molar-refractivity contribution is -0.139. The Labute approximate surface area is 147 Å². The molecule has 1 heterocycles. The predicted octanol–water partition coefficient (Wildman–Crippen LogP) is 1.96. The zero-order valence-electron chi connectivity index (χ0n) is 14.3. The van der Waals surface area contributed by atoms with Gasteiger partial charge in [-0.2, -0.15) is 0 Å². The second-order valence-corrected chi connectivity index (χ2v) is 8.48. The number of hydrogen-bond donors (Lipinski definition) is 0. The quantitative estimate of drug-likeness (QED) is 0.732. The Bertz CT molecular complexity index is 654. The predicted molar refractivity (Wildman–Crippen MR) is 92.3 cm³/mol. The third-order valence-electron chi connectivity index (χ3n) is 4.26. The third-order valence-corrected chi connectivity index (χ3v) is 5.87. The van der Waals surface area contributed by atoms with Gasteiger partial charge in [0.15, 0.2) is 9.84 Å². The molecule has 0 aliphatic carbocycles. The molecule has 2 rings (SSSR count). The lowest BCUT2D eigenvalue weighted by Crippen LogP contribution is -2.49. The van der Waals surface area contributed by atoms with Gasteiger partial charge < -0.3 is 4.90 Å². The highest BCUT2D eigenvalue weighted by molar-refractivity contribution is 7.91. The monoisotopic (exact) mass is 374 g/mol. The van der Waals surface area contributed by atoms with E-state index in [1.54, 1.807) is 29.2 Å². The third kappa shape index (κ3) is 5.47. The lowest BCUT2D eigenvalue weighted by Gasteiger charge is -2.36. The molecule has 5 nitrogen and oxygen atoms in total. The topological polar surface area (TPSA) is 57.7 Å². The standard InChI is InChI=1S/C17H24F2N2O3S/c1-2-8-21(13-15(18)19)17(22)16(14-6-4-3-5-7-14)20-9-11-25(23,24)12-10-20/h3-7,15-16H,2,8-13H2,1H3. The molecule has 0 N–H and O–H groups in total. The summed E-state index contributed by atoms with van der Waals surface area (Å²) in [5, 5.41) is 0. The molecule has 140 valence electrons. The van der Waals surface area contributed by atoms with E-state index in [9.17, 15) is 22.0 Å². The second-order valence-electron chi connectivity index (χ2n) is 6.18. The zero-order valence-corrected chi connectivity index (χ0v) is 15.1. The molecule has 1 aromatic carbocycles. The molecule has 0 aromatic heterocycles. The highest BCUT2D eigenvalue weighted by Crippen LogP contribution is 2.25. The summed E-state index contributed by atoms with van der Waals surface area (Å²) in [6.07, 6.45) is -2.03. The largest absolute Gasteiger partial charge is 0.335 e. The van der Waals surface area contributed by atoms with Crippen LogP contribution in [0.4, 0.5) is 8.78 Å². The van der Waals surface area contributed by atoms with Crippen LogP contribution in [0.15, 0.2) is 30.3 Å². The number of nitrogens with zero attached hydrogens (tertiary/aromatic N) is 2. The van der Waals surface area contributed by atoms with Gasteiger partial charge in [-0.05, 0) is 12.0 Å². The van der Waals surface area contributed by atoms with Gasteiger partial charge in [-0.15, -0.1) is 0 Å². The molecule has 1 atom stereocenters. The van der Waals surface area contributed by atoms with Crippen molar-refractivity contribution in [2.45, 2.75) is 25.8 Å². The van der Waals surface area contributed by atoms with Gasteiger partial charge in [-0.25, -0.2) is 17.2 Å². The number of halogens is 2. The summed E-state index contributed by atoms with van der Waals surface area (Å²) in [7, 11) is -3.09. The Balaban J connectivity index is 2.29. The van der Waals surface area contributed by atoms with Crippen LogP contribution < -0.4 is 0 Å². The fraction of sp³-hybridized carbons (Fsp3) is 0.588. The van der Waals surface area contributed by atoms with E-state index in [0.717, 1.165) is 0 Å². The van der Waals surface area contributed by atoms with Crippen LogP contribution in [0.2, 0.25) is 0 Å². The number of alkyl halides is 2. The summed E-state index contributed by atoms with van der Waals surface area (Å²) < 4.78 is 49.2. The normalized spacial score (nSPS) is 18.9. The van der Waals surface area contributed by atoms with Crippen LogP contribution in [-0.4, -0.2) is 68.2 Å². The van der Waals surface area contributed by atoms with E-state index >= 15 is 0 Å². The number of hydrogen-bond acceptors (Lipinski definition) is 4. The number of carbonyl (C=O) groups is 1. The van der Waals surface area contributed by atoms with E-state index in [0.29, 0.717) is 12.0 Å². The molecule has 8 heteroatoms. The first-order chi connectivity index (χ1) is 11.8. The first-order valence-electron chi connectivity index (χ1n) is 8.40. The molecule has 0 radical (unpaired) electrons. The van der Waals surface area contributed by atoms with Crippen molar-refractivity contribution >= 4 is 15.7 Å². The molecule has 0 saturated carbocycles. The summed E-state index contributed by atoms with van der Waals surface area (Å²) >= 11 is 0. The minimum Gasteiger partial charge on any atom is -0.335 e. The fourth-order valence-electron chi connectivity index (χ4n) is 3.03. The number of sulfone groups is 1. The number of benzene rings is 1. The van der Waals surface area contributed by atoms with E-state index in [-0.39, 0.29) is 31.1 Å². The number of carbonyl (C=O) groups excluding carboxylic acids is 1. The van der Waals surface area contributed by atoms with Gasteiger partial charge in [0, 0.05) is 19.6 Å². The first kappa shape index (κ1) is 19.8. The lowest BCUT2D eigenvalue weighted by atomic mass is 10.0. The SMILES string of the molecule is CCCN(CC(F)F)C(=O)C(c1ccccc1)N1CCS(=O)(=O)CC1. The molecule has 0 bridgehead atoms. The number of rotatable bonds is 7. The van der Waals surface area contributed by atoms with Crippen molar-refractivity contribution in [3.05, 3.63) is 35.9 Å². The van der Waals surface area contributed by atoms with Crippen molar-refractivity contribution in [1.29, 1.82) is 0 Å². The van der Waals surface area contributed by atoms with Crippen LogP contribution in [0.1, 0.15) is 24.9 Å².